The van der Waals surface area contributed by atoms with Crippen LogP contribution in [0.4, 0.5) is 0 Å². The van der Waals surface area contributed by atoms with Crippen molar-refractivity contribution in [3.63, 3.8) is 0 Å². The van der Waals surface area contributed by atoms with Crippen LogP contribution >= 0.6 is 11.3 Å². The second kappa shape index (κ2) is 11.6. The minimum Gasteiger partial charge on any atom is -0.455 e. The summed E-state index contributed by atoms with van der Waals surface area (Å²) in [5.74, 6) is 0.631. The Morgan fingerprint density at radius 1 is 0.583 bits per heavy atom. The number of thiophene rings is 1. The van der Waals surface area contributed by atoms with Crippen molar-refractivity contribution < 1.29 is 4.42 Å². The van der Waals surface area contributed by atoms with E-state index in [1.807, 2.05) is 60.8 Å². The van der Waals surface area contributed by atoms with Gasteiger partial charge in [0, 0.05) is 59.2 Å². The topological polar surface area (TPSA) is 61.7 Å². The average Bonchev–Trinajstić information content (AvgIpc) is 3.72. The molecule has 0 unspecified atom stereocenters. The molecule has 0 bridgehead atoms. The molecular weight excluding hydrogens is 607 g/mol. The Labute approximate surface area is 280 Å². The third kappa shape index (κ3) is 4.89. The van der Waals surface area contributed by atoms with Gasteiger partial charge in [-0.2, -0.15) is 0 Å². The molecule has 48 heavy (non-hydrogen) atoms. The van der Waals surface area contributed by atoms with E-state index in [4.69, 9.17) is 19.8 Å². The number of furan rings is 1. The number of rotatable bonds is 4. The monoisotopic (exact) mass is 633 g/mol. The molecule has 5 heteroatoms. The molecule has 0 atom stereocenters. The van der Waals surface area contributed by atoms with Gasteiger partial charge >= 0.3 is 0 Å². The molecule has 7 aromatic carbocycles. The Kier molecular flexibility index (Phi) is 6.77. The summed E-state index contributed by atoms with van der Waals surface area (Å²) >= 11 is 1.76. The van der Waals surface area contributed by atoms with Gasteiger partial charge in [0.15, 0.2) is 11.7 Å². The van der Waals surface area contributed by atoms with Crippen LogP contribution in [0.15, 0.2) is 166 Å². The summed E-state index contributed by atoms with van der Waals surface area (Å²) in [6, 6.07) is 51.6. The number of hydrogen-bond acceptors (Lipinski definition) is 3. The van der Waals surface area contributed by atoms with E-state index >= 15 is 0 Å². The fourth-order valence-corrected chi connectivity index (χ4v) is 7.64. The van der Waals surface area contributed by atoms with Crippen LogP contribution in [0.2, 0.25) is 0 Å². The summed E-state index contributed by atoms with van der Waals surface area (Å²) in [4.78, 5) is 9.88. The van der Waals surface area contributed by atoms with Crippen molar-refractivity contribution >= 4 is 82.1 Å². The Morgan fingerprint density at radius 2 is 1.29 bits per heavy atom. The minimum atomic E-state index is 0.157. The number of benzene rings is 7. The summed E-state index contributed by atoms with van der Waals surface area (Å²) in [5.41, 5.74) is 6.46. The van der Waals surface area contributed by atoms with Gasteiger partial charge in [0.25, 0.3) is 0 Å². The van der Waals surface area contributed by atoms with Crippen molar-refractivity contribution in [2.45, 2.75) is 0 Å². The molecule has 226 valence electrons. The predicted octanol–water partition coefficient (Wildman–Crippen LogP) is 11.7. The molecule has 0 aliphatic rings. The van der Waals surface area contributed by atoms with Gasteiger partial charge in [-0.15, -0.1) is 11.3 Å². The van der Waals surface area contributed by atoms with Gasteiger partial charge in [-0.05, 0) is 52.9 Å². The molecule has 2 aromatic heterocycles. The maximum atomic E-state index is 8.90. The van der Waals surface area contributed by atoms with Crippen molar-refractivity contribution in [3.8, 4) is 11.1 Å². The number of nitrogens with one attached hydrogen (secondary N) is 1. The first-order chi connectivity index (χ1) is 23.7. The van der Waals surface area contributed by atoms with Crippen LogP contribution in [0.5, 0.6) is 0 Å². The normalized spacial score (nSPS) is 12.3. The summed E-state index contributed by atoms with van der Waals surface area (Å²) < 4.78 is 8.92. The van der Waals surface area contributed by atoms with Crippen LogP contribution in [0.1, 0.15) is 16.7 Å². The molecule has 0 radical (unpaired) electrons. The summed E-state index contributed by atoms with van der Waals surface area (Å²) in [5, 5.41) is 15.5. The lowest BCUT2D eigenvalue weighted by Crippen LogP contribution is -2.04. The summed E-state index contributed by atoms with van der Waals surface area (Å²) in [6.07, 6.45) is 1.88. The maximum absolute atomic E-state index is 8.90. The molecule has 0 aliphatic carbocycles. The van der Waals surface area contributed by atoms with Crippen molar-refractivity contribution in [2.75, 3.05) is 0 Å². The molecule has 4 nitrogen and oxygen atoms in total. The highest BCUT2D eigenvalue weighted by molar-refractivity contribution is 7.25. The molecule has 0 aliphatic heterocycles. The average molecular weight is 634 g/mol. The fraction of sp³-hybridized carbons (Fsp3) is 0. The largest absolute Gasteiger partial charge is 0.455 e. The molecule has 0 fully saturated rings. The molecule has 0 amide bonds. The maximum Gasteiger partial charge on any atom is 0.161 e. The Bertz CT molecular complexity index is 2740. The van der Waals surface area contributed by atoms with Crippen molar-refractivity contribution in [1.82, 2.24) is 0 Å². The Morgan fingerprint density at radius 3 is 2.15 bits per heavy atom. The van der Waals surface area contributed by atoms with Gasteiger partial charge in [0.05, 0.1) is 0 Å². The van der Waals surface area contributed by atoms with Gasteiger partial charge < -0.3 is 4.42 Å². The third-order valence-corrected chi connectivity index (χ3v) is 9.96. The van der Waals surface area contributed by atoms with Gasteiger partial charge in [-0.3, -0.25) is 5.41 Å². The van der Waals surface area contributed by atoms with E-state index in [9.17, 15) is 0 Å². The standard InChI is InChI=1S/C43H27N3OS/c44-42(28-13-5-2-6-14-28)46-43(30-20-22-35-34-15-8-10-18-38(34)48-39(35)25-30)45-26-32-24-31-23-29(27-11-3-1-4-12-27)19-21-33(31)41-40(32)36-16-7-9-17-37(36)47-41/h1-26,44H. The van der Waals surface area contributed by atoms with Crippen molar-refractivity contribution in [1.29, 1.82) is 5.41 Å². The van der Waals surface area contributed by atoms with E-state index in [1.165, 1.54) is 15.5 Å². The smallest absolute Gasteiger partial charge is 0.161 e. The van der Waals surface area contributed by atoms with Gasteiger partial charge in [0.2, 0.25) is 0 Å². The molecule has 9 aromatic rings. The lowest BCUT2D eigenvalue weighted by Gasteiger charge is -2.08. The van der Waals surface area contributed by atoms with Crippen LogP contribution in [-0.2, 0) is 0 Å². The Hall–Kier alpha value is -6.17. The van der Waals surface area contributed by atoms with E-state index < -0.39 is 0 Å². The zero-order valence-electron chi connectivity index (χ0n) is 25.7. The number of nitrogens with zero attached hydrogens (tertiary/aromatic N) is 2. The van der Waals surface area contributed by atoms with Crippen LogP contribution in [-0.4, -0.2) is 17.9 Å². The first kappa shape index (κ1) is 28.1. The van der Waals surface area contributed by atoms with Crippen LogP contribution in [0.3, 0.4) is 0 Å². The number of fused-ring (bicyclic) bond motifs is 8. The summed E-state index contributed by atoms with van der Waals surface area (Å²) in [7, 11) is 0. The highest BCUT2D eigenvalue weighted by Gasteiger charge is 2.16. The second-order valence-electron chi connectivity index (χ2n) is 11.8. The van der Waals surface area contributed by atoms with Crippen molar-refractivity contribution in [2.24, 2.45) is 9.98 Å². The van der Waals surface area contributed by atoms with Gasteiger partial charge in [-0.25, -0.2) is 9.98 Å². The SMILES string of the molecule is N=C(N=C(N=Cc1cc2cc(-c3ccccc3)ccc2c2oc3ccccc3c12)c1ccc2c(c1)sc1ccccc12)c1ccccc1. The van der Waals surface area contributed by atoms with Crippen LogP contribution in [0, 0.1) is 5.41 Å². The van der Waals surface area contributed by atoms with E-state index in [1.54, 1.807) is 11.3 Å². The zero-order valence-corrected chi connectivity index (χ0v) is 26.5. The zero-order chi connectivity index (χ0) is 32.0. The van der Waals surface area contributed by atoms with Crippen LogP contribution < -0.4 is 0 Å². The van der Waals surface area contributed by atoms with E-state index in [-0.39, 0.29) is 5.84 Å². The predicted molar refractivity (Wildman–Crippen MR) is 203 cm³/mol. The fourth-order valence-electron chi connectivity index (χ4n) is 6.49. The molecule has 2 heterocycles. The number of aliphatic imine (C=N–C) groups is 2. The first-order valence-corrected chi connectivity index (χ1v) is 16.6. The molecule has 0 spiro atoms. The third-order valence-electron chi connectivity index (χ3n) is 8.83. The van der Waals surface area contributed by atoms with Crippen LogP contribution in [0.25, 0.3) is 64.0 Å². The molecule has 9 rings (SSSR count). The number of amidine groups is 2. The minimum absolute atomic E-state index is 0.157. The van der Waals surface area contributed by atoms with E-state index in [0.29, 0.717) is 5.84 Å². The molecule has 0 saturated carbocycles. The highest BCUT2D eigenvalue weighted by atomic mass is 32.1. The highest BCUT2D eigenvalue weighted by Crippen LogP contribution is 2.38. The molecule has 0 saturated heterocycles. The lowest BCUT2D eigenvalue weighted by atomic mass is 9.97. The van der Waals surface area contributed by atoms with Gasteiger partial charge in [0.1, 0.15) is 11.2 Å². The van der Waals surface area contributed by atoms with E-state index in [0.717, 1.165) is 65.2 Å². The summed E-state index contributed by atoms with van der Waals surface area (Å²) in [6.45, 7) is 0. The quantitative estimate of drug-likeness (QED) is 0.152. The lowest BCUT2D eigenvalue weighted by molar-refractivity contribution is 0.672. The Balaban J connectivity index is 1.24. The number of para-hydroxylation sites is 1. The van der Waals surface area contributed by atoms with E-state index in [2.05, 4.69) is 97.1 Å². The van der Waals surface area contributed by atoms with Crippen molar-refractivity contribution in [3.05, 3.63) is 168 Å². The number of hydrogen-bond donors (Lipinski definition) is 1. The first-order valence-electron chi connectivity index (χ1n) is 15.8. The second-order valence-corrected chi connectivity index (χ2v) is 12.9. The molecular formula is C43H27N3OS. The van der Waals surface area contributed by atoms with Gasteiger partial charge in [-0.1, -0.05) is 115 Å². The molecule has 1 N–H and O–H groups in total.